The first kappa shape index (κ1) is 10.1. The monoisotopic (exact) mass is 238 g/mol. The fourth-order valence-corrected chi connectivity index (χ4v) is 3.15. The van der Waals surface area contributed by atoms with Crippen LogP contribution in [0, 0.1) is 0 Å². The Kier molecular flexibility index (Phi) is 2.02. The van der Waals surface area contributed by atoms with Crippen LogP contribution in [-0.2, 0) is 12.8 Å². The molecule has 0 amide bonds. The number of aromatic nitrogens is 3. The van der Waals surface area contributed by atoms with Crippen LogP contribution in [0.2, 0.25) is 0 Å². The Morgan fingerprint density at radius 2 is 2.11 bits per heavy atom. The summed E-state index contributed by atoms with van der Waals surface area (Å²) in [6, 6.07) is 8.93. The maximum Gasteiger partial charge on any atom is 0.102 e. The molecule has 18 heavy (non-hydrogen) atoms. The molecule has 0 radical (unpaired) electrons. The standard InChI is InChI=1S/C14H14N4/c1-18-7-6-11-13-12(18)8-9-4-2-3-5-10(9)14(13)16-17-15-11/h2-5,12H,6-8H2,1H3. The fourth-order valence-electron chi connectivity index (χ4n) is 3.15. The van der Waals surface area contributed by atoms with Crippen LogP contribution >= 0.6 is 0 Å². The van der Waals surface area contributed by atoms with E-state index in [0.29, 0.717) is 6.04 Å². The Labute approximate surface area is 106 Å². The minimum atomic E-state index is 0.418. The molecular weight excluding hydrogens is 224 g/mol. The topological polar surface area (TPSA) is 41.9 Å². The molecule has 2 aliphatic rings. The van der Waals surface area contributed by atoms with Gasteiger partial charge in [0.2, 0.25) is 0 Å². The van der Waals surface area contributed by atoms with E-state index < -0.39 is 0 Å². The number of hydrogen-bond acceptors (Lipinski definition) is 4. The molecule has 0 fully saturated rings. The first-order valence-corrected chi connectivity index (χ1v) is 6.35. The van der Waals surface area contributed by atoms with Gasteiger partial charge in [0.25, 0.3) is 0 Å². The third-order valence-corrected chi connectivity index (χ3v) is 4.13. The summed E-state index contributed by atoms with van der Waals surface area (Å²) in [5.74, 6) is 0. The summed E-state index contributed by atoms with van der Waals surface area (Å²) >= 11 is 0. The summed E-state index contributed by atoms with van der Waals surface area (Å²) in [6.45, 7) is 1.05. The van der Waals surface area contributed by atoms with Gasteiger partial charge in [-0.25, -0.2) is 0 Å². The molecule has 0 saturated heterocycles. The molecule has 0 saturated carbocycles. The molecule has 1 aromatic heterocycles. The Balaban J connectivity index is 2.03. The van der Waals surface area contributed by atoms with E-state index in [0.717, 1.165) is 30.8 Å². The molecule has 2 aromatic rings. The van der Waals surface area contributed by atoms with Crippen molar-refractivity contribution in [1.29, 1.82) is 0 Å². The zero-order valence-electron chi connectivity index (χ0n) is 10.3. The SMILES string of the molecule is CN1CCc2nnnc3c2C1Cc1ccccc1-3. The highest BCUT2D eigenvalue weighted by Gasteiger charge is 2.34. The van der Waals surface area contributed by atoms with Crippen molar-refractivity contribution < 1.29 is 0 Å². The second-order valence-corrected chi connectivity index (χ2v) is 5.11. The molecule has 1 atom stereocenters. The summed E-state index contributed by atoms with van der Waals surface area (Å²) in [4.78, 5) is 2.41. The molecule has 4 rings (SSSR count). The van der Waals surface area contributed by atoms with E-state index in [4.69, 9.17) is 0 Å². The lowest BCUT2D eigenvalue weighted by molar-refractivity contribution is 0.224. The molecule has 0 bridgehead atoms. The van der Waals surface area contributed by atoms with Crippen molar-refractivity contribution in [3.63, 3.8) is 0 Å². The third-order valence-electron chi connectivity index (χ3n) is 4.13. The quantitative estimate of drug-likeness (QED) is 0.699. The predicted octanol–water partition coefficient (Wildman–Crippen LogP) is 1.62. The van der Waals surface area contributed by atoms with Crippen LogP contribution in [0.3, 0.4) is 0 Å². The second kappa shape index (κ2) is 3.59. The van der Waals surface area contributed by atoms with Crippen LogP contribution in [0.4, 0.5) is 0 Å². The second-order valence-electron chi connectivity index (χ2n) is 5.11. The van der Waals surface area contributed by atoms with Crippen LogP contribution in [0.5, 0.6) is 0 Å². The molecule has 4 nitrogen and oxygen atoms in total. The van der Waals surface area contributed by atoms with Crippen molar-refractivity contribution in [2.45, 2.75) is 18.9 Å². The lowest BCUT2D eigenvalue weighted by Gasteiger charge is -2.37. The molecule has 1 aliphatic heterocycles. The van der Waals surface area contributed by atoms with Gasteiger partial charge in [-0.3, -0.25) is 4.90 Å². The molecule has 1 unspecified atom stereocenters. The number of benzene rings is 1. The largest absolute Gasteiger partial charge is 0.298 e. The van der Waals surface area contributed by atoms with Gasteiger partial charge in [0, 0.05) is 30.1 Å². The third kappa shape index (κ3) is 1.26. The van der Waals surface area contributed by atoms with Crippen molar-refractivity contribution in [1.82, 2.24) is 20.3 Å². The summed E-state index contributed by atoms with van der Waals surface area (Å²) in [5.41, 5.74) is 6.08. The zero-order chi connectivity index (χ0) is 12.1. The Hall–Kier alpha value is -1.81. The number of nitrogens with zero attached hydrogens (tertiary/aromatic N) is 4. The van der Waals surface area contributed by atoms with Crippen molar-refractivity contribution in [3.05, 3.63) is 41.1 Å². The van der Waals surface area contributed by atoms with E-state index >= 15 is 0 Å². The van der Waals surface area contributed by atoms with Gasteiger partial charge >= 0.3 is 0 Å². The maximum absolute atomic E-state index is 4.30. The van der Waals surface area contributed by atoms with Crippen LogP contribution in [-0.4, -0.2) is 33.9 Å². The lowest BCUT2D eigenvalue weighted by Crippen LogP contribution is -2.36. The van der Waals surface area contributed by atoms with Gasteiger partial charge in [0.1, 0.15) is 5.69 Å². The first-order chi connectivity index (χ1) is 8.84. The molecular formula is C14H14N4. The highest BCUT2D eigenvalue weighted by Crippen LogP contribution is 2.42. The summed E-state index contributed by atoms with van der Waals surface area (Å²) in [7, 11) is 2.19. The van der Waals surface area contributed by atoms with Gasteiger partial charge < -0.3 is 0 Å². The van der Waals surface area contributed by atoms with E-state index in [1.807, 2.05) is 0 Å². The molecule has 4 heteroatoms. The fraction of sp³-hybridized carbons (Fsp3) is 0.357. The van der Waals surface area contributed by atoms with Crippen molar-refractivity contribution >= 4 is 0 Å². The Bertz CT molecular complexity index is 623. The molecule has 90 valence electrons. The zero-order valence-corrected chi connectivity index (χ0v) is 10.3. The summed E-state index contributed by atoms with van der Waals surface area (Å²) < 4.78 is 0. The Morgan fingerprint density at radius 3 is 3.06 bits per heavy atom. The van der Waals surface area contributed by atoms with Gasteiger partial charge in [0.15, 0.2) is 0 Å². The van der Waals surface area contributed by atoms with Crippen LogP contribution in [0.1, 0.15) is 22.9 Å². The van der Waals surface area contributed by atoms with Gasteiger partial charge in [0.05, 0.1) is 5.69 Å². The average molecular weight is 238 g/mol. The molecule has 0 N–H and O–H groups in total. The van der Waals surface area contributed by atoms with E-state index in [1.54, 1.807) is 0 Å². The number of rotatable bonds is 0. The number of hydrogen-bond donors (Lipinski definition) is 0. The van der Waals surface area contributed by atoms with Crippen molar-refractivity contribution in [2.24, 2.45) is 0 Å². The highest BCUT2D eigenvalue weighted by atomic mass is 15.3. The first-order valence-electron chi connectivity index (χ1n) is 6.35. The molecule has 1 aromatic carbocycles. The van der Waals surface area contributed by atoms with Gasteiger partial charge in [-0.1, -0.05) is 24.3 Å². The number of fused-ring (bicyclic) bond motifs is 2. The van der Waals surface area contributed by atoms with Gasteiger partial charge in [-0.15, -0.1) is 10.2 Å². The highest BCUT2D eigenvalue weighted by molar-refractivity contribution is 5.70. The van der Waals surface area contributed by atoms with Crippen LogP contribution < -0.4 is 0 Å². The molecule has 0 spiro atoms. The van der Waals surface area contributed by atoms with Gasteiger partial charge in [-0.2, -0.15) is 0 Å². The van der Waals surface area contributed by atoms with Crippen LogP contribution in [0.25, 0.3) is 11.3 Å². The van der Waals surface area contributed by atoms with E-state index in [9.17, 15) is 0 Å². The maximum atomic E-state index is 4.30. The number of likely N-dealkylation sites (N-methyl/N-ethyl adjacent to an activating group) is 1. The Morgan fingerprint density at radius 1 is 1.22 bits per heavy atom. The normalized spacial score (nSPS) is 21.3. The minimum Gasteiger partial charge on any atom is -0.298 e. The van der Waals surface area contributed by atoms with E-state index in [1.165, 1.54) is 16.7 Å². The van der Waals surface area contributed by atoms with E-state index in [2.05, 4.69) is 51.6 Å². The van der Waals surface area contributed by atoms with E-state index in [-0.39, 0.29) is 0 Å². The molecule has 1 aliphatic carbocycles. The predicted molar refractivity (Wildman–Crippen MR) is 68.0 cm³/mol. The smallest absolute Gasteiger partial charge is 0.102 e. The summed E-state index contributed by atoms with van der Waals surface area (Å²) in [5, 5.41) is 12.5. The van der Waals surface area contributed by atoms with Crippen LogP contribution in [0.15, 0.2) is 24.3 Å². The van der Waals surface area contributed by atoms with Gasteiger partial charge in [-0.05, 0) is 24.2 Å². The van der Waals surface area contributed by atoms with Crippen molar-refractivity contribution in [3.8, 4) is 11.3 Å². The van der Waals surface area contributed by atoms with Crippen molar-refractivity contribution in [2.75, 3.05) is 13.6 Å². The molecule has 2 heterocycles. The summed E-state index contributed by atoms with van der Waals surface area (Å²) in [6.07, 6.45) is 2.03. The minimum absolute atomic E-state index is 0.418. The average Bonchev–Trinajstić information content (AvgIpc) is 2.43. The lowest BCUT2D eigenvalue weighted by atomic mass is 9.82.